The molecule has 0 spiro atoms. The molecule has 0 unspecified atom stereocenters. The van der Waals surface area contributed by atoms with Crippen LogP contribution in [0.4, 0.5) is 4.39 Å². The Morgan fingerprint density at radius 2 is 1.78 bits per heavy atom. The molecule has 0 heterocycles. The standard InChI is InChI=1S/C12H17FN2O2S/c13-9-5-7-10(8-6-9)18(16,17)15-12-4-2-1-3-11(12)14/h5-8,11-12,15H,1-4,14H2/t11-,12-/m1/s1. The average molecular weight is 272 g/mol. The van der Waals surface area contributed by atoms with E-state index in [1.54, 1.807) is 0 Å². The molecule has 3 N–H and O–H groups in total. The van der Waals surface area contributed by atoms with E-state index in [2.05, 4.69) is 4.72 Å². The Hall–Kier alpha value is -0.980. The largest absolute Gasteiger partial charge is 0.326 e. The number of hydrogen-bond acceptors (Lipinski definition) is 3. The number of hydrogen-bond donors (Lipinski definition) is 2. The molecule has 2 rings (SSSR count). The first-order valence-electron chi connectivity index (χ1n) is 6.02. The van der Waals surface area contributed by atoms with Crippen molar-refractivity contribution in [3.8, 4) is 0 Å². The van der Waals surface area contributed by atoms with E-state index in [1.165, 1.54) is 12.1 Å². The monoisotopic (exact) mass is 272 g/mol. The number of halogens is 1. The average Bonchev–Trinajstić information content (AvgIpc) is 2.32. The zero-order chi connectivity index (χ0) is 13.2. The Kier molecular flexibility index (Phi) is 3.99. The van der Waals surface area contributed by atoms with Crippen molar-refractivity contribution in [3.05, 3.63) is 30.1 Å². The summed E-state index contributed by atoms with van der Waals surface area (Å²) in [4.78, 5) is 0.0710. The molecule has 0 bridgehead atoms. The number of benzene rings is 1. The molecule has 0 saturated heterocycles. The number of sulfonamides is 1. The molecule has 0 radical (unpaired) electrons. The quantitative estimate of drug-likeness (QED) is 0.873. The van der Waals surface area contributed by atoms with Crippen molar-refractivity contribution in [2.45, 2.75) is 42.7 Å². The van der Waals surface area contributed by atoms with Crippen molar-refractivity contribution in [3.63, 3.8) is 0 Å². The topological polar surface area (TPSA) is 72.2 Å². The number of nitrogens with one attached hydrogen (secondary N) is 1. The van der Waals surface area contributed by atoms with Gasteiger partial charge in [-0.25, -0.2) is 17.5 Å². The molecule has 6 heteroatoms. The number of nitrogens with two attached hydrogens (primary N) is 1. The minimum absolute atomic E-state index is 0.0710. The SMILES string of the molecule is N[C@@H]1CCCC[C@H]1NS(=O)(=O)c1ccc(F)cc1. The Bertz CT molecular complexity index is 501. The number of rotatable bonds is 3. The summed E-state index contributed by atoms with van der Waals surface area (Å²) in [6, 6.07) is 4.41. The van der Waals surface area contributed by atoms with Crippen molar-refractivity contribution in [1.82, 2.24) is 4.72 Å². The minimum atomic E-state index is -3.61. The van der Waals surface area contributed by atoms with Gasteiger partial charge in [-0.3, -0.25) is 0 Å². The van der Waals surface area contributed by atoms with Crippen LogP contribution in [0.25, 0.3) is 0 Å². The summed E-state index contributed by atoms with van der Waals surface area (Å²) in [6.07, 6.45) is 3.60. The normalized spacial score (nSPS) is 25.0. The van der Waals surface area contributed by atoms with Crippen LogP contribution in [0.2, 0.25) is 0 Å². The highest BCUT2D eigenvalue weighted by Crippen LogP contribution is 2.19. The molecule has 2 atom stereocenters. The van der Waals surface area contributed by atoms with Gasteiger partial charge in [-0.1, -0.05) is 12.8 Å². The van der Waals surface area contributed by atoms with E-state index in [1.807, 2.05) is 0 Å². The molecule has 4 nitrogen and oxygen atoms in total. The second-order valence-corrected chi connectivity index (χ2v) is 6.34. The van der Waals surface area contributed by atoms with Crippen LogP contribution < -0.4 is 10.5 Å². The molecule has 1 saturated carbocycles. The second-order valence-electron chi connectivity index (χ2n) is 4.63. The van der Waals surface area contributed by atoms with E-state index < -0.39 is 15.8 Å². The first-order valence-corrected chi connectivity index (χ1v) is 7.51. The summed E-state index contributed by atoms with van der Waals surface area (Å²) in [5.41, 5.74) is 5.90. The zero-order valence-electron chi connectivity index (χ0n) is 9.97. The predicted octanol–water partition coefficient (Wildman–Crippen LogP) is 1.37. The molecule has 1 aliphatic rings. The van der Waals surface area contributed by atoms with Crippen molar-refractivity contribution in [2.24, 2.45) is 5.73 Å². The van der Waals surface area contributed by atoms with Crippen LogP contribution in [0.15, 0.2) is 29.2 Å². The lowest BCUT2D eigenvalue weighted by molar-refractivity contribution is 0.361. The summed E-state index contributed by atoms with van der Waals surface area (Å²) in [7, 11) is -3.61. The lowest BCUT2D eigenvalue weighted by Gasteiger charge is -2.29. The van der Waals surface area contributed by atoms with E-state index in [0.717, 1.165) is 37.8 Å². The highest BCUT2D eigenvalue weighted by atomic mass is 32.2. The predicted molar refractivity (Wildman–Crippen MR) is 67.0 cm³/mol. The third kappa shape index (κ3) is 3.07. The second kappa shape index (κ2) is 5.34. The molecular weight excluding hydrogens is 255 g/mol. The summed E-state index contributed by atoms with van der Waals surface area (Å²) < 4.78 is 39.5. The summed E-state index contributed by atoms with van der Waals surface area (Å²) in [6.45, 7) is 0. The molecule has 1 fully saturated rings. The van der Waals surface area contributed by atoms with Crippen LogP contribution in [0.1, 0.15) is 25.7 Å². The van der Waals surface area contributed by atoms with Crippen molar-refractivity contribution in [2.75, 3.05) is 0 Å². The van der Waals surface area contributed by atoms with Crippen LogP contribution in [-0.4, -0.2) is 20.5 Å². The molecule has 0 aromatic heterocycles. The van der Waals surface area contributed by atoms with Crippen molar-refractivity contribution < 1.29 is 12.8 Å². The van der Waals surface area contributed by atoms with E-state index in [-0.39, 0.29) is 17.0 Å². The van der Waals surface area contributed by atoms with Crippen LogP contribution in [0.5, 0.6) is 0 Å². The molecule has 100 valence electrons. The van der Waals surface area contributed by atoms with Crippen LogP contribution in [0.3, 0.4) is 0 Å². The van der Waals surface area contributed by atoms with E-state index in [9.17, 15) is 12.8 Å². The van der Waals surface area contributed by atoms with Gasteiger partial charge in [-0.2, -0.15) is 0 Å². The first-order chi connectivity index (χ1) is 8.49. The molecule has 0 amide bonds. The van der Waals surface area contributed by atoms with E-state index >= 15 is 0 Å². The maximum absolute atomic E-state index is 12.8. The Balaban J connectivity index is 2.13. The minimum Gasteiger partial charge on any atom is -0.326 e. The highest BCUT2D eigenvalue weighted by Gasteiger charge is 2.27. The van der Waals surface area contributed by atoms with Crippen molar-refractivity contribution in [1.29, 1.82) is 0 Å². The fraction of sp³-hybridized carbons (Fsp3) is 0.500. The maximum Gasteiger partial charge on any atom is 0.240 e. The lowest BCUT2D eigenvalue weighted by atomic mass is 9.92. The molecule has 1 aromatic carbocycles. The molecule has 0 aliphatic heterocycles. The Morgan fingerprint density at radius 1 is 1.17 bits per heavy atom. The highest BCUT2D eigenvalue weighted by molar-refractivity contribution is 7.89. The van der Waals surface area contributed by atoms with Gasteiger partial charge >= 0.3 is 0 Å². The Labute approximate surface area is 106 Å². The summed E-state index contributed by atoms with van der Waals surface area (Å²) in [5, 5.41) is 0. The summed E-state index contributed by atoms with van der Waals surface area (Å²) in [5.74, 6) is -0.455. The van der Waals surface area contributed by atoms with Gasteiger partial charge in [0.2, 0.25) is 10.0 Å². The molecule has 1 aliphatic carbocycles. The van der Waals surface area contributed by atoms with Gasteiger partial charge in [0.1, 0.15) is 5.82 Å². The van der Waals surface area contributed by atoms with Gasteiger partial charge < -0.3 is 5.73 Å². The molecule has 1 aromatic rings. The van der Waals surface area contributed by atoms with Gasteiger partial charge in [0.05, 0.1) is 4.90 Å². The fourth-order valence-electron chi connectivity index (χ4n) is 2.19. The summed E-state index contributed by atoms with van der Waals surface area (Å²) >= 11 is 0. The Morgan fingerprint density at radius 3 is 2.39 bits per heavy atom. The van der Waals surface area contributed by atoms with Crippen LogP contribution in [-0.2, 0) is 10.0 Å². The smallest absolute Gasteiger partial charge is 0.240 e. The van der Waals surface area contributed by atoms with Gasteiger partial charge in [0.15, 0.2) is 0 Å². The molecular formula is C12H17FN2O2S. The third-order valence-corrected chi connectivity index (χ3v) is 4.76. The van der Waals surface area contributed by atoms with Gasteiger partial charge in [0.25, 0.3) is 0 Å². The van der Waals surface area contributed by atoms with Crippen LogP contribution >= 0.6 is 0 Å². The third-order valence-electron chi connectivity index (χ3n) is 3.25. The zero-order valence-corrected chi connectivity index (χ0v) is 10.8. The fourth-order valence-corrected chi connectivity index (χ4v) is 3.51. The maximum atomic E-state index is 12.8. The van der Waals surface area contributed by atoms with E-state index in [4.69, 9.17) is 5.73 Å². The lowest BCUT2D eigenvalue weighted by Crippen LogP contribution is -2.49. The van der Waals surface area contributed by atoms with Gasteiger partial charge in [-0.15, -0.1) is 0 Å². The van der Waals surface area contributed by atoms with Crippen LogP contribution in [0, 0.1) is 5.82 Å². The van der Waals surface area contributed by atoms with Gasteiger partial charge in [0, 0.05) is 12.1 Å². The van der Waals surface area contributed by atoms with Gasteiger partial charge in [-0.05, 0) is 37.1 Å². The molecule has 18 heavy (non-hydrogen) atoms. The van der Waals surface area contributed by atoms with Crippen molar-refractivity contribution >= 4 is 10.0 Å². The van der Waals surface area contributed by atoms with E-state index in [0.29, 0.717) is 0 Å². The first kappa shape index (κ1) is 13.5.